The van der Waals surface area contributed by atoms with Gasteiger partial charge < -0.3 is 19.9 Å². The van der Waals surface area contributed by atoms with E-state index in [1.165, 1.54) is 12.8 Å². The number of hydrogen-bond acceptors (Lipinski definition) is 4. The van der Waals surface area contributed by atoms with Crippen molar-refractivity contribution >= 4 is 17.6 Å². The second-order valence-corrected chi connectivity index (χ2v) is 8.39. The lowest BCUT2D eigenvalue weighted by Crippen LogP contribution is -2.58. The fourth-order valence-electron chi connectivity index (χ4n) is 4.59. The summed E-state index contributed by atoms with van der Waals surface area (Å²) >= 11 is 0. The molecule has 29 heavy (non-hydrogen) atoms. The molecule has 0 radical (unpaired) electrons. The van der Waals surface area contributed by atoms with Gasteiger partial charge in [0.2, 0.25) is 0 Å². The minimum absolute atomic E-state index is 0.0301. The zero-order valence-corrected chi connectivity index (χ0v) is 17.4. The number of rotatable bonds is 5. The van der Waals surface area contributed by atoms with E-state index in [0.29, 0.717) is 38.3 Å². The summed E-state index contributed by atoms with van der Waals surface area (Å²) in [6, 6.07) is 7.32. The van der Waals surface area contributed by atoms with Gasteiger partial charge in [0.15, 0.2) is 0 Å². The Labute approximate surface area is 173 Å². The third-order valence-electron chi connectivity index (χ3n) is 6.39. The summed E-state index contributed by atoms with van der Waals surface area (Å²) in [7, 11) is 0. The van der Waals surface area contributed by atoms with Crippen molar-refractivity contribution < 1.29 is 14.3 Å². The lowest BCUT2D eigenvalue weighted by atomic mass is 9.89. The van der Waals surface area contributed by atoms with Gasteiger partial charge in [-0.15, -0.1) is 0 Å². The van der Waals surface area contributed by atoms with Crippen molar-refractivity contribution in [3.05, 3.63) is 29.8 Å². The number of anilines is 1. The number of nitrogens with zero attached hydrogens (tertiary/aromatic N) is 3. The monoisotopic (exact) mass is 400 g/mol. The molecule has 3 amide bonds. The Morgan fingerprint density at radius 3 is 2.76 bits per heavy atom. The largest absolute Gasteiger partial charge is 0.371 e. The maximum Gasteiger partial charge on any atom is 0.321 e. The number of unbranched alkanes of at least 4 members (excludes halogenated alkanes) is 1. The molecule has 0 saturated carbocycles. The van der Waals surface area contributed by atoms with Crippen LogP contribution in [0.5, 0.6) is 0 Å². The minimum atomic E-state index is -0.205. The van der Waals surface area contributed by atoms with E-state index in [2.05, 4.69) is 17.1 Å². The Hall–Kier alpha value is -2.12. The number of urea groups is 1. The van der Waals surface area contributed by atoms with E-state index in [4.69, 9.17) is 4.74 Å². The van der Waals surface area contributed by atoms with Gasteiger partial charge in [-0.25, -0.2) is 4.79 Å². The fourth-order valence-corrected chi connectivity index (χ4v) is 4.59. The van der Waals surface area contributed by atoms with Crippen LogP contribution in [0.15, 0.2) is 24.3 Å². The molecule has 1 aromatic carbocycles. The molecule has 1 aromatic rings. The number of benzene rings is 1. The zero-order valence-electron chi connectivity index (χ0n) is 17.4. The van der Waals surface area contributed by atoms with Gasteiger partial charge in [-0.2, -0.15) is 0 Å². The molecule has 7 nitrogen and oxygen atoms in total. The van der Waals surface area contributed by atoms with Crippen molar-refractivity contribution in [1.29, 1.82) is 0 Å². The summed E-state index contributed by atoms with van der Waals surface area (Å²) in [5.41, 5.74) is 1.21. The molecule has 1 N–H and O–H groups in total. The van der Waals surface area contributed by atoms with E-state index in [1.807, 2.05) is 29.2 Å². The summed E-state index contributed by atoms with van der Waals surface area (Å²) in [5.74, 6) is 0.0301. The Bertz CT molecular complexity index is 745. The Morgan fingerprint density at radius 2 is 2.03 bits per heavy atom. The number of morpholine rings is 1. The molecule has 3 aliphatic heterocycles. The van der Waals surface area contributed by atoms with Crippen molar-refractivity contribution in [2.45, 2.75) is 38.2 Å². The van der Waals surface area contributed by atoms with E-state index in [9.17, 15) is 9.59 Å². The van der Waals surface area contributed by atoms with Crippen LogP contribution in [0.4, 0.5) is 10.5 Å². The predicted octanol–water partition coefficient (Wildman–Crippen LogP) is 2.32. The van der Waals surface area contributed by atoms with Gasteiger partial charge in [0.1, 0.15) is 0 Å². The highest BCUT2D eigenvalue weighted by Gasteiger charge is 2.41. The molecule has 0 aliphatic carbocycles. The first kappa shape index (κ1) is 20.2. The summed E-state index contributed by atoms with van der Waals surface area (Å²) in [6.45, 7) is 8.61. The van der Waals surface area contributed by atoms with Crippen LogP contribution in [-0.4, -0.2) is 79.8 Å². The molecule has 0 atom stereocenters. The number of carbonyl (C=O) groups is 2. The molecule has 1 spiro atoms. The standard InChI is InChI=1S/C22H32N4O3/c1-2-3-10-24-11-7-22(8-12-24)17-25(14-15-29-22)20(27)18-5-4-6-19(16-18)26-13-9-23-21(26)28/h4-6,16H,2-3,7-15,17H2,1H3,(H,23,28). The molecule has 3 saturated heterocycles. The number of likely N-dealkylation sites (tertiary alicyclic amines) is 1. The molecule has 4 rings (SSSR count). The van der Waals surface area contributed by atoms with E-state index in [-0.39, 0.29) is 17.5 Å². The van der Waals surface area contributed by atoms with Gasteiger partial charge in [0.25, 0.3) is 5.91 Å². The lowest BCUT2D eigenvalue weighted by molar-refractivity contribution is -0.127. The van der Waals surface area contributed by atoms with Crippen LogP contribution in [0.1, 0.15) is 43.0 Å². The molecule has 0 aromatic heterocycles. The number of amides is 3. The smallest absolute Gasteiger partial charge is 0.321 e. The zero-order chi connectivity index (χ0) is 20.3. The molecular formula is C22H32N4O3. The normalized spacial score (nSPS) is 22.2. The van der Waals surface area contributed by atoms with Crippen LogP contribution in [0.3, 0.4) is 0 Å². The first-order valence-electron chi connectivity index (χ1n) is 10.9. The van der Waals surface area contributed by atoms with Crippen molar-refractivity contribution in [1.82, 2.24) is 15.1 Å². The highest BCUT2D eigenvalue weighted by molar-refractivity contribution is 5.98. The topological polar surface area (TPSA) is 65.1 Å². The second kappa shape index (κ2) is 8.71. The van der Waals surface area contributed by atoms with Crippen LogP contribution in [0, 0.1) is 0 Å². The summed E-state index contributed by atoms with van der Waals surface area (Å²) in [6.07, 6.45) is 4.42. The molecule has 3 heterocycles. The first-order valence-corrected chi connectivity index (χ1v) is 10.9. The Kier molecular flexibility index (Phi) is 6.06. The van der Waals surface area contributed by atoms with Gasteiger partial charge in [-0.3, -0.25) is 9.69 Å². The highest BCUT2D eigenvalue weighted by atomic mass is 16.5. The third kappa shape index (κ3) is 4.41. The molecule has 158 valence electrons. The van der Waals surface area contributed by atoms with Gasteiger partial charge in [0.05, 0.1) is 18.8 Å². The van der Waals surface area contributed by atoms with Crippen LogP contribution < -0.4 is 10.2 Å². The number of carbonyl (C=O) groups excluding carboxylic acids is 2. The lowest BCUT2D eigenvalue weighted by Gasteiger charge is -2.47. The molecule has 0 bridgehead atoms. The van der Waals surface area contributed by atoms with Crippen molar-refractivity contribution in [2.75, 3.05) is 57.3 Å². The summed E-state index contributed by atoms with van der Waals surface area (Å²) < 4.78 is 6.21. The maximum atomic E-state index is 13.2. The van der Waals surface area contributed by atoms with Gasteiger partial charge in [-0.1, -0.05) is 19.4 Å². The van der Waals surface area contributed by atoms with Crippen LogP contribution in [0.2, 0.25) is 0 Å². The van der Waals surface area contributed by atoms with E-state index < -0.39 is 0 Å². The van der Waals surface area contributed by atoms with Gasteiger partial charge in [-0.05, 0) is 44.0 Å². The maximum absolute atomic E-state index is 13.2. The fraction of sp³-hybridized carbons (Fsp3) is 0.636. The molecule has 3 aliphatic rings. The van der Waals surface area contributed by atoms with Crippen molar-refractivity contribution in [3.8, 4) is 0 Å². The van der Waals surface area contributed by atoms with Crippen LogP contribution in [0.25, 0.3) is 0 Å². The predicted molar refractivity (Wildman–Crippen MR) is 112 cm³/mol. The minimum Gasteiger partial charge on any atom is -0.371 e. The SMILES string of the molecule is CCCCN1CCC2(CC1)CN(C(=O)c1cccc(N3CCNC3=O)c1)CCO2. The number of hydrogen-bond donors (Lipinski definition) is 1. The average molecular weight is 401 g/mol. The van der Waals surface area contributed by atoms with E-state index >= 15 is 0 Å². The number of nitrogens with one attached hydrogen (secondary N) is 1. The second-order valence-electron chi connectivity index (χ2n) is 8.39. The Morgan fingerprint density at radius 1 is 1.21 bits per heavy atom. The van der Waals surface area contributed by atoms with E-state index in [1.54, 1.807) is 4.90 Å². The van der Waals surface area contributed by atoms with E-state index in [0.717, 1.165) is 38.2 Å². The summed E-state index contributed by atoms with van der Waals surface area (Å²) in [5, 5.41) is 2.81. The first-order chi connectivity index (χ1) is 14.1. The van der Waals surface area contributed by atoms with Gasteiger partial charge in [0, 0.05) is 44.0 Å². The molecule has 3 fully saturated rings. The molecular weight excluding hydrogens is 368 g/mol. The average Bonchev–Trinajstić information content (AvgIpc) is 3.19. The summed E-state index contributed by atoms with van der Waals surface area (Å²) in [4.78, 5) is 31.3. The number of piperidine rings is 1. The van der Waals surface area contributed by atoms with Crippen molar-refractivity contribution in [3.63, 3.8) is 0 Å². The quantitative estimate of drug-likeness (QED) is 0.824. The Balaban J connectivity index is 1.41. The van der Waals surface area contributed by atoms with Crippen molar-refractivity contribution in [2.24, 2.45) is 0 Å². The highest BCUT2D eigenvalue weighted by Crippen LogP contribution is 2.31. The van der Waals surface area contributed by atoms with Gasteiger partial charge >= 0.3 is 6.03 Å². The molecule has 0 unspecified atom stereocenters. The number of ether oxygens (including phenoxy) is 1. The van der Waals surface area contributed by atoms with Crippen LogP contribution >= 0.6 is 0 Å². The molecule has 7 heteroatoms. The van der Waals surface area contributed by atoms with Crippen LogP contribution in [-0.2, 0) is 4.74 Å². The third-order valence-corrected chi connectivity index (χ3v) is 6.39.